The number of hydrogen-bond acceptors (Lipinski definition) is 5. The molecular weight excluding hydrogens is 358 g/mol. The summed E-state index contributed by atoms with van der Waals surface area (Å²) >= 11 is 0. The van der Waals surface area contributed by atoms with Crippen LogP contribution in [-0.2, 0) is 6.42 Å². The number of aromatic nitrogens is 1. The minimum Gasteiger partial charge on any atom is -0.493 e. The SMILES string of the molecule is CCc1cccc2c(/C=N/NC(=O)c3cc(OC)c(OC)c(OC)c3)c[nH]c12. The maximum atomic E-state index is 12.5. The highest BCUT2D eigenvalue weighted by atomic mass is 16.5. The Bertz CT molecular complexity index is 999. The Morgan fingerprint density at radius 1 is 1.14 bits per heavy atom. The Kier molecular flexibility index (Phi) is 5.84. The average molecular weight is 381 g/mol. The van der Waals surface area contributed by atoms with Crippen LogP contribution in [0.2, 0.25) is 0 Å². The molecule has 0 bridgehead atoms. The van der Waals surface area contributed by atoms with Crippen molar-refractivity contribution in [2.24, 2.45) is 5.10 Å². The third kappa shape index (κ3) is 3.64. The van der Waals surface area contributed by atoms with Crippen molar-refractivity contribution >= 4 is 23.0 Å². The summed E-state index contributed by atoms with van der Waals surface area (Å²) in [5.41, 5.74) is 6.10. The Balaban J connectivity index is 1.81. The molecule has 0 aliphatic rings. The van der Waals surface area contributed by atoms with Crippen LogP contribution in [0.1, 0.15) is 28.4 Å². The van der Waals surface area contributed by atoms with Crippen LogP contribution in [0.25, 0.3) is 10.9 Å². The number of amides is 1. The van der Waals surface area contributed by atoms with E-state index in [0.717, 1.165) is 22.9 Å². The monoisotopic (exact) mass is 381 g/mol. The summed E-state index contributed by atoms with van der Waals surface area (Å²) < 4.78 is 15.8. The zero-order chi connectivity index (χ0) is 20.1. The molecular formula is C21H23N3O4. The number of ether oxygens (including phenoxy) is 3. The molecule has 0 saturated heterocycles. The summed E-state index contributed by atoms with van der Waals surface area (Å²) in [5.74, 6) is 0.847. The number of hydrazone groups is 1. The zero-order valence-corrected chi connectivity index (χ0v) is 16.3. The molecule has 0 aliphatic carbocycles. The maximum absolute atomic E-state index is 12.5. The van der Waals surface area contributed by atoms with E-state index in [0.29, 0.717) is 22.8 Å². The van der Waals surface area contributed by atoms with Gasteiger partial charge >= 0.3 is 0 Å². The number of fused-ring (bicyclic) bond motifs is 1. The fourth-order valence-corrected chi connectivity index (χ4v) is 3.08. The van der Waals surface area contributed by atoms with E-state index in [2.05, 4.69) is 28.5 Å². The van der Waals surface area contributed by atoms with Gasteiger partial charge in [0, 0.05) is 28.2 Å². The molecule has 2 aromatic carbocycles. The molecule has 28 heavy (non-hydrogen) atoms. The summed E-state index contributed by atoms with van der Waals surface area (Å²) in [7, 11) is 4.51. The summed E-state index contributed by atoms with van der Waals surface area (Å²) in [6, 6.07) is 9.27. The van der Waals surface area contributed by atoms with Crippen LogP contribution < -0.4 is 19.6 Å². The van der Waals surface area contributed by atoms with E-state index in [-0.39, 0.29) is 5.91 Å². The highest BCUT2D eigenvalue weighted by Gasteiger charge is 2.16. The van der Waals surface area contributed by atoms with Crippen LogP contribution in [-0.4, -0.2) is 38.4 Å². The molecule has 7 heteroatoms. The maximum Gasteiger partial charge on any atom is 0.271 e. The predicted octanol–water partition coefficient (Wildman–Crippen LogP) is 3.52. The van der Waals surface area contributed by atoms with Gasteiger partial charge in [-0.1, -0.05) is 25.1 Å². The van der Waals surface area contributed by atoms with Crippen LogP contribution in [0, 0.1) is 0 Å². The van der Waals surface area contributed by atoms with Gasteiger partial charge in [0.15, 0.2) is 11.5 Å². The lowest BCUT2D eigenvalue weighted by Crippen LogP contribution is -2.18. The molecule has 1 aromatic heterocycles. The number of hydrogen-bond donors (Lipinski definition) is 2. The van der Waals surface area contributed by atoms with Crippen molar-refractivity contribution in [2.45, 2.75) is 13.3 Å². The summed E-state index contributed by atoms with van der Waals surface area (Å²) in [5, 5.41) is 5.15. The number of nitrogens with zero attached hydrogens (tertiary/aromatic N) is 1. The van der Waals surface area contributed by atoms with E-state index in [9.17, 15) is 4.79 Å². The van der Waals surface area contributed by atoms with Gasteiger partial charge in [-0.2, -0.15) is 5.10 Å². The second-order valence-corrected chi connectivity index (χ2v) is 6.05. The summed E-state index contributed by atoms with van der Waals surface area (Å²) in [6.07, 6.45) is 4.43. The Hall–Kier alpha value is -3.48. The van der Waals surface area contributed by atoms with Gasteiger partial charge in [0.25, 0.3) is 5.91 Å². The van der Waals surface area contributed by atoms with Gasteiger partial charge in [-0.15, -0.1) is 0 Å². The molecule has 2 N–H and O–H groups in total. The van der Waals surface area contributed by atoms with Crippen LogP contribution in [0.15, 0.2) is 41.6 Å². The van der Waals surface area contributed by atoms with Gasteiger partial charge < -0.3 is 19.2 Å². The molecule has 1 amide bonds. The largest absolute Gasteiger partial charge is 0.493 e. The van der Waals surface area contributed by atoms with Gasteiger partial charge in [0.1, 0.15) is 0 Å². The van der Waals surface area contributed by atoms with E-state index in [1.807, 2.05) is 18.3 Å². The molecule has 0 spiro atoms. The van der Waals surface area contributed by atoms with Gasteiger partial charge in [0.05, 0.1) is 27.5 Å². The first kappa shape index (κ1) is 19.3. The molecule has 0 fully saturated rings. The first-order valence-electron chi connectivity index (χ1n) is 8.85. The van der Waals surface area contributed by atoms with E-state index < -0.39 is 0 Å². The smallest absolute Gasteiger partial charge is 0.271 e. The van der Waals surface area contributed by atoms with E-state index in [1.165, 1.54) is 26.9 Å². The number of para-hydroxylation sites is 1. The van der Waals surface area contributed by atoms with E-state index in [4.69, 9.17) is 14.2 Å². The first-order valence-corrected chi connectivity index (χ1v) is 8.85. The third-order valence-electron chi connectivity index (χ3n) is 4.51. The quantitative estimate of drug-likeness (QED) is 0.484. The van der Waals surface area contributed by atoms with Crippen molar-refractivity contribution in [3.8, 4) is 17.2 Å². The fourth-order valence-electron chi connectivity index (χ4n) is 3.08. The Labute approximate surface area is 163 Å². The number of carbonyl (C=O) groups excluding carboxylic acids is 1. The van der Waals surface area contributed by atoms with Gasteiger partial charge in [-0.3, -0.25) is 4.79 Å². The van der Waals surface area contributed by atoms with Gasteiger partial charge in [-0.05, 0) is 24.1 Å². The van der Waals surface area contributed by atoms with Crippen molar-refractivity contribution < 1.29 is 19.0 Å². The van der Waals surface area contributed by atoms with Gasteiger partial charge in [-0.25, -0.2) is 5.43 Å². The fraction of sp³-hybridized carbons (Fsp3) is 0.238. The molecule has 0 unspecified atom stereocenters. The number of benzene rings is 2. The minimum atomic E-state index is -0.385. The lowest BCUT2D eigenvalue weighted by molar-refractivity contribution is 0.0954. The van der Waals surface area contributed by atoms with E-state index >= 15 is 0 Å². The number of H-pyrrole nitrogens is 1. The summed E-state index contributed by atoms with van der Waals surface area (Å²) in [6.45, 7) is 2.11. The van der Waals surface area contributed by atoms with Crippen molar-refractivity contribution in [1.82, 2.24) is 10.4 Å². The molecule has 0 radical (unpaired) electrons. The minimum absolute atomic E-state index is 0.346. The lowest BCUT2D eigenvalue weighted by Gasteiger charge is -2.13. The van der Waals surface area contributed by atoms with Gasteiger partial charge in [0.2, 0.25) is 5.75 Å². The first-order chi connectivity index (χ1) is 13.6. The molecule has 0 atom stereocenters. The Morgan fingerprint density at radius 2 is 1.86 bits per heavy atom. The number of aryl methyl sites for hydroxylation is 1. The highest BCUT2D eigenvalue weighted by Crippen LogP contribution is 2.38. The number of methoxy groups -OCH3 is 3. The number of nitrogens with one attached hydrogen (secondary N) is 2. The number of aromatic amines is 1. The molecule has 0 saturated carbocycles. The standard InChI is InChI=1S/C21H23N3O4/c1-5-13-7-6-8-16-15(11-22-19(13)16)12-23-24-21(25)14-9-17(26-2)20(28-4)18(10-14)27-3/h6-12,22H,5H2,1-4H3,(H,24,25)/b23-12+. The second-order valence-electron chi connectivity index (χ2n) is 6.05. The number of rotatable bonds is 7. The number of carbonyl (C=O) groups is 1. The van der Waals surface area contributed by atoms with Crippen LogP contribution >= 0.6 is 0 Å². The third-order valence-corrected chi connectivity index (χ3v) is 4.51. The van der Waals surface area contributed by atoms with E-state index in [1.54, 1.807) is 18.3 Å². The highest BCUT2D eigenvalue weighted by molar-refractivity contribution is 6.01. The van der Waals surface area contributed by atoms with Crippen molar-refractivity contribution in [1.29, 1.82) is 0 Å². The normalized spacial score (nSPS) is 11.0. The molecule has 3 rings (SSSR count). The van der Waals surface area contributed by atoms with Crippen LogP contribution in [0.5, 0.6) is 17.2 Å². The molecule has 7 nitrogen and oxygen atoms in total. The van der Waals surface area contributed by atoms with Crippen LogP contribution in [0.4, 0.5) is 0 Å². The van der Waals surface area contributed by atoms with Crippen LogP contribution in [0.3, 0.4) is 0 Å². The van der Waals surface area contributed by atoms with Crippen molar-refractivity contribution in [3.63, 3.8) is 0 Å². The van der Waals surface area contributed by atoms with Crippen molar-refractivity contribution in [2.75, 3.05) is 21.3 Å². The second kappa shape index (κ2) is 8.47. The molecule has 3 aromatic rings. The molecule has 0 aliphatic heterocycles. The summed E-state index contributed by atoms with van der Waals surface area (Å²) in [4.78, 5) is 15.8. The van der Waals surface area contributed by atoms with Crippen molar-refractivity contribution in [3.05, 3.63) is 53.2 Å². The molecule has 146 valence electrons. The predicted molar refractivity (Wildman–Crippen MR) is 109 cm³/mol. The molecule has 1 heterocycles. The lowest BCUT2D eigenvalue weighted by atomic mass is 10.1. The zero-order valence-electron chi connectivity index (χ0n) is 16.3. The average Bonchev–Trinajstić information content (AvgIpc) is 3.15. The topological polar surface area (TPSA) is 84.9 Å². The Morgan fingerprint density at radius 3 is 2.46 bits per heavy atom.